The highest BCUT2D eigenvalue weighted by molar-refractivity contribution is 5.85. The van der Waals surface area contributed by atoms with Crippen LogP contribution in [0.1, 0.15) is 24.4 Å². The first-order chi connectivity index (χ1) is 12.2. The van der Waals surface area contributed by atoms with E-state index in [-0.39, 0.29) is 29.8 Å². The zero-order chi connectivity index (χ0) is 17.2. The lowest BCUT2D eigenvalue weighted by Gasteiger charge is -2.33. The Morgan fingerprint density at radius 2 is 1.65 bits per heavy atom. The standard InChI is InChI=1S/C21H21FN2O.ClH/c22-18-8-6-17-7-9-21(25)24(20(17)14-18)19-10-12-23(13-11-19)15-16-4-2-1-3-5-16;/h1-9,14,19H,10-13,15H2;1H. The van der Waals surface area contributed by atoms with Gasteiger partial charge < -0.3 is 4.57 Å². The first kappa shape index (κ1) is 18.6. The molecule has 0 spiro atoms. The number of piperidine rings is 1. The van der Waals surface area contributed by atoms with Gasteiger partial charge in [0.2, 0.25) is 0 Å². The van der Waals surface area contributed by atoms with E-state index < -0.39 is 0 Å². The van der Waals surface area contributed by atoms with Gasteiger partial charge in [0.05, 0.1) is 5.52 Å². The molecular formula is C21H22ClFN2O. The van der Waals surface area contributed by atoms with Crippen LogP contribution in [0.3, 0.4) is 0 Å². The number of pyridine rings is 1. The van der Waals surface area contributed by atoms with Crippen LogP contribution >= 0.6 is 12.4 Å². The molecule has 1 saturated heterocycles. The minimum atomic E-state index is -0.298. The average molecular weight is 373 g/mol. The summed E-state index contributed by atoms with van der Waals surface area (Å²) < 4.78 is 15.5. The molecule has 5 heteroatoms. The number of halogens is 2. The van der Waals surface area contributed by atoms with Gasteiger partial charge >= 0.3 is 0 Å². The Labute approximate surface area is 158 Å². The normalized spacial score (nSPS) is 15.7. The molecular weight excluding hydrogens is 351 g/mol. The molecule has 0 atom stereocenters. The topological polar surface area (TPSA) is 25.2 Å². The van der Waals surface area contributed by atoms with Gasteiger partial charge in [-0.05, 0) is 48.1 Å². The van der Waals surface area contributed by atoms with Crippen molar-refractivity contribution in [1.82, 2.24) is 9.47 Å². The molecule has 2 heterocycles. The predicted molar refractivity (Wildman–Crippen MR) is 105 cm³/mol. The predicted octanol–water partition coefficient (Wildman–Crippen LogP) is 4.40. The van der Waals surface area contributed by atoms with Crippen LogP contribution < -0.4 is 5.56 Å². The molecule has 0 aliphatic carbocycles. The number of rotatable bonds is 3. The second-order valence-corrected chi connectivity index (χ2v) is 6.74. The molecule has 3 nitrogen and oxygen atoms in total. The average Bonchev–Trinajstić information content (AvgIpc) is 2.63. The lowest BCUT2D eigenvalue weighted by Crippen LogP contribution is -2.37. The highest BCUT2D eigenvalue weighted by Crippen LogP contribution is 2.26. The molecule has 2 aromatic carbocycles. The molecule has 0 N–H and O–H groups in total. The van der Waals surface area contributed by atoms with Crippen LogP contribution in [0.2, 0.25) is 0 Å². The van der Waals surface area contributed by atoms with Crippen LogP contribution in [0.5, 0.6) is 0 Å². The van der Waals surface area contributed by atoms with Crippen LogP contribution in [0, 0.1) is 5.82 Å². The number of nitrogens with zero attached hydrogens (tertiary/aromatic N) is 2. The van der Waals surface area contributed by atoms with Gasteiger partial charge in [0, 0.05) is 31.7 Å². The van der Waals surface area contributed by atoms with E-state index in [1.54, 1.807) is 22.8 Å². The number of likely N-dealkylation sites (tertiary alicyclic amines) is 1. The van der Waals surface area contributed by atoms with Crippen LogP contribution in [0.15, 0.2) is 65.5 Å². The van der Waals surface area contributed by atoms with Gasteiger partial charge in [-0.3, -0.25) is 9.69 Å². The van der Waals surface area contributed by atoms with Crippen LogP contribution in [0.4, 0.5) is 4.39 Å². The van der Waals surface area contributed by atoms with Crippen molar-refractivity contribution in [2.24, 2.45) is 0 Å². The molecule has 1 aromatic heterocycles. The smallest absolute Gasteiger partial charge is 0.251 e. The summed E-state index contributed by atoms with van der Waals surface area (Å²) in [5.41, 5.74) is 1.97. The maximum absolute atomic E-state index is 13.7. The van der Waals surface area contributed by atoms with Gasteiger partial charge in [0.25, 0.3) is 5.56 Å². The zero-order valence-corrected chi connectivity index (χ0v) is 15.3. The van der Waals surface area contributed by atoms with Crippen LogP contribution in [0.25, 0.3) is 10.9 Å². The fourth-order valence-corrected chi connectivity index (χ4v) is 3.78. The van der Waals surface area contributed by atoms with E-state index in [0.717, 1.165) is 37.9 Å². The summed E-state index contributed by atoms with van der Waals surface area (Å²) in [6.07, 6.45) is 1.81. The number of fused-ring (bicyclic) bond motifs is 1. The van der Waals surface area contributed by atoms with E-state index in [2.05, 4.69) is 29.2 Å². The molecule has 4 rings (SSSR count). The van der Waals surface area contributed by atoms with E-state index in [1.807, 2.05) is 6.07 Å². The molecule has 1 aliphatic rings. The van der Waals surface area contributed by atoms with Gasteiger partial charge in [-0.2, -0.15) is 0 Å². The number of benzene rings is 2. The molecule has 0 radical (unpaired) electrons. The van der Waals surface area contributed by atoms with E-state index in [9.17, 15) is 9.18 Å². The molecule has 3 aromatic rings. The Kier molecular flexibility index (Phi) is 5.74. The Morgan fingerprint density at radius 1 is 0.962 bits per heavy atom. The van der Waals surface area contributed by atoms with E-state index in [0.29, 0.717) is 5.52 Å². The summed E-state index contributed by atoms with van der Waals surface area (Å²) in [5.74, 6) is -0.298. The second kappa shape index (κ2) is 8.02. The summed E-state index contributed by atoms with van der Waals surface area (Å²) in [4.78, 5) is 14.9. The van der Waals surface area contributed by atoms with Crippen molar-refractivity contribution in [2.75, 3.05) is 13.1 Å². The monoisotopic (exact) mass is 372 g/mol. The van der Waals surface area contributed by atoms with E-state index in [4.69, 9.17) is 0 Å². The molecule has 0 saturated carbocycles. The Hall–Kier alpha value is -2.17. The first-order valence-corrected chi connectivity index (χ1v) is 8.78. The van der Waals surface area contributed by atoms with Crippen molar-refractivity contribution in [2.45, 2.75) is 25.4 Å². The van der Waals surface area contributed by atoms with Gasteiger partial charge in [-0.1, -0.05) is 30.3 Å². The zero-order valence-electron chi connectivity index (χ0n) is 14.5. The largest absolute Gasteiger partial charge is 0.305 e. The number of hydrogen-bond acceptors (Lipinski definition) is 2. The number of hydrogen-bond donors (Lipinski definition) is 0. The lowest BCUT2D eigenvalue weighted by molar-refractivity contribution is 0.180. The quantitative estimate of drug-likeness (QED) is 0.680. The van der Waals surface area contributed by atoms with Gasteiger partial charge in [-0.25, -0.2) is 4.39 Å². The third-order valence-electron chi connectivity index (χ3n) is 5.07. The third kappa shape index (κ3) is 3.81. The van der Waals surface area contributed by atoms with Crippen LogP contribution in [-0.4, -0.2) is 22.6 Å². The summed E-state index contributed by atoms with van der Waals surface area (Å²) in [6, 6.07) is 18.6. The van der Waals surface area contributed by atoms with Crippen molar-refractivity contribution < 1.29 is 4.39 Å². The maximum atomic E-state index is 13.7. The molecule has 0 unspecified atom stereocenters. The molecule has 1 fully saturated rings. The van der Waals surface area contributed by atoms with Gasteiger partial charge in [0.15, 0.2) is 0 Å². The van der Waals surface area contributed by atoms with Crippen LogP contribution in [-0.2, 0) is 6.54 Å². The third-order valence-corrected chi connectivity index (χ3v) is 5.07. The Morgan fingerprint density at radius 3 is 2.38 bits per heavy atom. The first-order valence-electron chi connectivity index (χ1n) is 8.78. The molecule has 136 valence electrons. The van der Waals surface area contributed by atoms with Gasteiger partial charge in [0.1, 0.15) is 5.82 Å². The Balaban J connectivity index is 0.00000196. The number of aromatic nitrogens is 1. The fraction of sp³-hybridized carbons (Fsp3) is 0.286. The van der Waals surface area contributed by atoms with Crippen molar-refractivity contribution in [3.8, 4) is 0 Å². The molecule has 0 amide bonds. The van der Waals surface area contributed by atoms with Crippen molar-refractivity contribution >= 4 is 23.3 Å². The molecule has 1 aliphatic heterocycles. The minimum Gasteiger partial charge on any atom is -0.305 e. The van der Waals surface area contributed by atoms with E-state index >= 15 is 0 Å². The summed E-state index contributed by atoms with van der Waals surface area (Å²) in [6.45, 7) is 2.82. The summed E-state index contributed by atoms with van der Waals surface area (Å²) in [7, 11) is 0. The molecule has 0 bridgehead atoms. The van der Waals surface area contributed by atoms with Crippen molar-refractivity contribution in [1.29, 1.82) is 0 Å². The van der Waals surface area contributed by atoms with Crippen molar-refractivity contribution in [3.05, 3.63) is 82.4 Å². The minimum absolute atomic E-state index is 0. The second-order valence-electron chi connectivity index (χ2n) is 6.74. The van der Waals surface area contributed by atoms with Gasteiger partial charge in [-0.15, -0.1) is 12.4 Å². The van der Waals surface area contributed by atoms with Crippen molar-refractivity contribution in [3.63, 3.8) is 0 Å². The molecule has 26 heavy (non-hydrogen) atoms. The highest BCUT2D eigenvalue weighted by atomic mass is 35.5. The maximum Gasteiger partial charge on any atom is 0.251 e. The highest BCUT2D eigenvalue weighted by Gasteiger charge is 2.22. The fourth-order valence-electron chi connectivity index (χ4n) is 3.78. The Bertz CT molecular complexity index is 934. The summed E-state index contributed by atoms with van der Waals surface area (Å²) in [5, 5.41) is 0.910. The summed E-state index contributed by atoms with van der Waals surface area (Å²) >= 11 is 0. The SMILES string of the molecule is Cl.O=c1ccc2ccc(F)cc2n1C1CCN(Cc2ccccc2)CC1. The lowest BCUT2D eigenvalue weighted by atomic mass is 10.0. The van der Waals surface area contributed by atoms with E-state index in [1.165, 1.54) is 17.7 Å².